The van der Waals surface area contributed by atoms with Gasteiger partial charge in [-0.15, -0.1) is 0 Å². The van der Waals surface area contributed by atoms with E-state index in [4.69, 9.17) is 23.7 Å². The number of benzene rings is 2. The van der Waals surface area contributed by atoms with Gasteiger partial charge in [-0.3, -0.25) is 0 Å². The number of carbonyl (C=O) groups excluding carboxylic acids is 1. The summed E-state index contributed by atoms with van der Waals surface area (Å²) in [4.78, 5) is 12.6. The van der Waals surface area contributed by atoms with Crippen LogP contribution < -0.4 is 19.5 Å². The Morgan fingerprint density at radius 2 is 1.91 bits per heavy atom. The zero-order valence-corrected chi connectivity index (χ0v) is 18.6. The van der Waals surface area contributed by atoms with Crippen molar-refractivity contribution >= 4 is 6.09 Å². The third kappa shape index (κ3) is 3.49. The van der Waals surface area contributed by atoms with Crippen LogP contribution in [0.25, 0.3) is 0 Å². The van der Waals surface area contributed by atoms with Crippen molar-refractivity contribution in [3.63, 3.8) is 0 Å². The van der Waals surface area contributed by atoms with E-state index in [1.165, 1.54) is 0 Å². The number of nitrogens with one attached hydrogen (secondary N) is 1. The lowest BCUT2D eigenvalue weighted by molar-refractivity contribution is -0.235. The summed E-state index contributed by atoms with van der Waals surface area (Å²) < 4.78 is 29.8. The van der Waals surface area contributed by atoms with Gasteiger partial charge in [-0.05, 0) is 49.9 Å². The van der Waals surface area contributed by atoms with E-state index >= 15 is 0 Å². The van der Waals surface area contributed by atoms with E-state index in [9.17, 15) is 4.79 Å². The first-order chi connectivity index (χ1) is 15.5. The highest BCUT2D eigenvalue weighted by Crippen LogP contribution is 2.57. The number of ether oxygens (including phenoxy) is 5. The van der Waals surface area contributed by atoms with Crippen molar-refractivity contribution < 1.29 is 28.5 Å². The summed E-state index contributed by atoms with van der Waals surface area (Å²) in [6, 6.07) is 12.9. The summed E-state index contributed by atoms with van der Waals surface area (Å²) in [5, 5.41) is 3.04. The Kier molecular flexibility index (Phi) is 5.47. The van der Waals surface area contributed by atoms with Crippen molar-refractivity contribution in [2.45, 2.75) is 50.5 Å². The molecule has 0 radical (unpaired) electrons. The van der Waals surface area contributed by atoms with Crippen LogP contribution >= 0.6 is 0 Å². The van der Waals surface area contributed by atoms with Crippen LogP contribution in [0.5, 0.6) is 17.2 Å². The molecule has 0 aromatic heterocycles. The fourth-order valence-corrected chi connectivity index (χ4v) is 5.48. The fourth-order valence-electron chi connectivity index (χ4n) is 5.48. The summed E-state index contributed by atoms with van der Waals surface area (Å²) >= 11 is 0. The SMILES string of the molecule is COc1ccc(C)c2c1OC1C2C(C(C)NC(=O)Oc2ccccc2)CCC12OCCO2. The minimum absolute atomic E-state index is 0.000949. The van der Waals surface area contributed by atoms with E-state index in [1.807, 2.05) is 31.2 Å². The Morgan fingerprint density at radius 3 is 2.62 bits per heavy atom. The predicted octanol–water partition coefficient (Wildman–Crippen LogP) is 4.18. The molecule has 2 aromatic carbocycles. The third-order valence-corrected chi connectivity index (χ3v) is 6.94. The van der Waals surface area contributed by atoms with Crippen LogP contribution in [0.1, 0.15) is 36.8 Å². The summed E-state index contributed by atoms with van der Waals surface area (Å²) in [6.45, 7) is 5.22. The van der Waals surface area contributed by atoms with E-state index in [2.05, 4.69) is 18.3 Å². The smallest absolute Gasteiger partial charge is 0.412 e. The molecule has 170 valence electrons. The molecule has 7 nitrogen and oxygen atoms in total. The van der Waals surface area contributed by atoms with Crippen LogP contribution in [0.3, 0.4) is 0 Å². The number of amides is 1. The molecule has 4 atom stereocenters. The topological polar surface area (TPSA) is 75.3 Å². The van der Waals surface area contributed by atoms with Gasteiger partial charge in [-0.1, -0.05) is 24.3 Å². The molecule has 2 fully saturated rings. The lowest BCUT2D eigenvalue weighted by atomic mass is 9.68. The highest BCUT2D eigenvalue weighted by atomic mass is 16.8. The maximum Gasteiger partial charge on any atom is 0.412 e. The molecule has 4 unspecified atom stereocenters. The summed E-state index contributed by atoms with van der Waals surface area (Å²) in [5.74, 6) is 1.33. The maximum absolute atomic E-state index is 12.6. The molecule has 2 heterocycles. The first-order valence-corrected chi connectivity index (χ1v) is 11.2. The van der Waals surface area contributed by atoms with Crippen molar-refractivity contribution in [3.8, 4) is 17.2 Å². The number of carbonyl (C=O) groups is 1. The quantitative estimate of drug-likeness (QED) is 0.770. The number of fused-ring (bicyclic) bond motifs is 4. The molecular formula is C25H29NO6. The van der Waals surface area contributed by atoms with Gasteiger partial charge in [-0.2, -0.15) is 0 Å². The number of aryl methyl sites for hydroxylation is 1. The third-order valence-electron chi connectivity index (χ3n) is 6.94. The van der Waals surface area contributed by atoms with Crippen LogP contribution in [0.15, 0.2) is 42.5 Å². The maximum atomic E-state index is 12.6. The first-order valence-electron chi connectivity index (χ1n) is 11.2. The molecule has 0 bridgehead atoms. The van der Waals surface area contributed by atoms with Gasteiger partial charge in [0.05, 0.1) is 20.3 Å². The Hall–Kier alpha value is -2.77. The molecule has 7 heteroatoms. The number of para-hydroxylation sites is 1. The Morgan fingerprint density at radius 1 is 1.16 bits per heavy atom. The molecule has 1 saturated heterocycles. The molecule has 32 heavy (non-hydrogen) atoms. The summed E-state index contributed by atoms with van der Waals surface area (Å²) in [7, 11) is 1.65. The van der Waals surface area contributed by atoms with Gasteiger partial charge in [0.15, 0.2) is 17.6 Å². The lowest BCUT2D eigenvalue weighted by Gasteiger charge is -2.45. The van der Waals surface area contributed by atoms with Crippen molar-refractivity contribution in [2.24, 2.45) is 5.92 Å². The van der Waals surface area contributed by atoms with Crippen molar-refractivity contribution in [2.75, 3.05) is 20.3 Å². The van der Waals surface area contributed by atoms with E-state index in [0.717, 1.165) is 23.3 Å². The summed E-state index contributed by atoms with van der Waals surface area (Å²) in [5.41, 5.74) is 2.25. The van der Waals surface area contributed by atoms with E-state index in [-0.39, 0.29) is 24.0 Å². The zero-order chi connectivity index (χ0) is 22.3. The van der Waals surface area contributed by atoms with Gasteiger partial charge in [0.1, 0.15) is 5.75 Å². The molecule has 1 spiro atoms. The lowest BCUT2D eigenvalue weighted by Crippen LogP contribution is -2.56. The molecular weight excluding hydrogens is 410 g/mol. The normalized spacial score (nSPS) is 26.0. The van der Waals surface area contributed by atoms with E-state index in [1.54, 1.807) is 19.2 Å². The molecule has 2 aliphatic heterocycles. The van der Waals surface area contributed by atoms with Gasteiger partial charge in [0.25, 0.3) is 0 Å². The van der Waals surface area contributed by atoms with Crippen molar-refractivity contribution in [1.29, 1.82) is 0 Å². The van der Waals surface area contributed by atoms with Crippen molar-refractivity contribution in [1.82, 2.24) is 5.32 Å². The van der Waals surface area contributed by atoms with Crippen LogP contribution in [-0.2, 0) is 9.47 Å². The highest BCUT2D eigenvalue weighted by molar-refractivity contribution is 5.70. The molecule has 3 aliphatic rings. The highest BCUT2D eigenvalue weighted by Gasteiger charge is 2.60. The van der Waals surface area contributed by atoms with Crippen LogP contribution in [0, 0.1) is 12.8 Å². The molecule has 5 rings (SSSR count). The van der Waals surface area contributed by atoms with Gasteiger partial charge in [0.2, 0.25) is 5.79 Å². The molecule has 2 aromatic rings. The van der Waals surface area contributed by atoms with Gasteiger partial charge in [0, 0.05) is 23.9 Å². The number of rotatable bonds is 4. The van der Waals surface area contributed by atoms with Gasteiger partial charge >= 0.3 is 6.09 Å². The van der Waals surface area contributed by atoms with Crippen molar-refractivity contribution in [3.05, 3.63) is 53.6 Å². The van der Waals surface area contributed by atoms with Gasteiger partial charge < -0.3 is 29.0 Å². The predicted molar refractivity (Wildman–Crippen MR) is 117 cm³/mol. The second kappa shape index (κ2) is 8.30. The first kappa shape index (κ1) is 21.1. The number of methoxy groups -OCH3 is 1. The average molecular weight is 440 g/mol. The van der Waals surface area contributed by atoms with E-state index < -0.39 is 11.9 Å². The molecule has 1 amide bonds. The Bertz CT molecular complexity index is 987. The molecule has 1 N–H and O–H groups in total. The molecule has 1 aliphatic carbocycles. The van der Waals surface area contributed by atoms with E-state index in [0.29, 0.717) is 31.1 Å². The monoisotopic (exact) mass is 439 g/mol. The summed E-state index contributed by atoms with van der Waals surface area (Å²) in [6.07, 6.45) is 0.764. The Balaban J connectivity index is 1.43. The van der Waals surface area contributed by atoms with Crippen LogP contribution in [0.2, 0.25) is 0 Å². The zero-order valence-electron chi connectivity index (χ0n) is 18.6. The standard InChI is InChI=1S/C25H29NO6/c1-15-9-10-19(28-3)22-20(15)21-18(11-12-25(23(21)32-22)29-13-14-30-25)16(2)26-24(27)31-17-7-5-4-6-8-17/h4-10,16,18,21,23H,11-14H2,1-3H3,(H,26,27). The average Bonchev–Trinajstić information content (AvgIpc) is 3.42. The van der Waals surface area contributed by atoms with Crippen LogP contribution in [-0.4, -0.2) is 44.3 Å². The number of hydrogen-bond acceptors (Lipinski definition) is 6. The minimum atomic E-state index is -0.762. The van der Waals surface area contributed by atoms with Crippen LogP contribution in [0.4, 0.5) is 4.79 Å². The number of hydrogen-bond donors (Lipinski definition) is 1. The fraction of sp³-hybridized carbons (Fsp3) is 0.480. The molecule has 1 saturated carbocycles. The van der Waals surface area contributed by atoms with Gasteiger partial charge in [-0.25, -0.2) is 4.79 Å². The minimum Gasteiger partial charge on any atom is -0.493 e. The second-order valence-corrected chi connectivity index (χ2v) is 8.74. The second-order valence-electron chi connectivity index (χ2n) is 8.74. The largest absolute Gasteiger partial charge is 0.493 e. The Labute approximate surface area is 187 Å².